The zero-order valence-electron chi connectivity index (χ0n) is 16.5. The minimum absolute atomic E-state index is 0.100. The first-order chi connectivity index (χ1) is 12.3. The van der Waals surface area contributed by atoms with Crippen molar-refractivity contribution < 1.29 is 9.53 Å². The number of carbonyl (C=O) groups is 1. The summed E-state index contributed by atoms with van der Waals surface area (Å²) in [6.45, 7) is 9.56. The highest BCUT2D eigenvalue weighted by Crippen LogP contribution is 2.18. The van der Waals surface area contributed by atoms with Crippen LogP contribution in [0.4, 0.5) is 5.82 Å². The van der Waals surface area contributed by atoms with Gasteiger partial charge in [-0.25, -0.2) is 4.98 Å². The first-order valence-electron chi connectivity index (χ1n) is 9.14. The fraction of sp³-hybridized carbons (Fsp3) is 0.632. The first kappa shape index (κ1) is 20.0. The van der Waals surface area contributed by atoms with E-state index in [2.05, 4.69) is 31.6 Å². The number of aryl methyl sites for hydroxylation is 1. The summed E-state index contributed by atoms with van der Waals surface area (Å²) in [5.41, 5.74) is 0.557. The SMILES string of the molecule is CN=C(NCC(=O)OC(C)(C)C)NC1CCN(c2cccc(C)n2)CC1. The van der Waals surface area contributed by atoms with E-state index in [0.29, 0.717) is 12.0 Å². The highest BCUT2D eigenvalue weighted by atomic mass is 16.6. The molecule has 0 amide bonds. The summed E-state index contributed by atoms with van der Waals surface area (Å²) < 4.78 is 5.30. The van der Waals surface area contributed by atoms with Crippen molar-refractivity contribution in [3.8, 4) is 0 Å². The Kier molecular flexibility index (Phi) is 6.83. The quantitative estimate of drug-likeness (QED) is 0.484. The molecule has 7 nitrogen and oxygen atoms in total. The normalized spacial score (nSPS) is 16.3. The van der Waals surface area contributed by atoms with Crippen LogP contribution in [-0.2, 0) is 9.53 Å². The first-order valence-corrected chi connectivity index (χ1v) is 9.14. The molecule has 2 rings (SSSR count). The molecule has 26 heavy (non-hydrogen) atoms. The van der Waals surface area contributed by atoms with E-state index < -0.39 is 5.60 Å². The molecule has 2 heterocycles. The summed E-state index contributed by atoms with van der Waals surface area (Å²) in [7, 11) is 1.70. The lowest BCUT2D eigenvalue weighted by molar-refractivity contribution is -0.153. The van der Waals surface area contributed by atoms with Crippen molar-refractivity contribution in [3.05, 3.63) is 23.9 Å². The molecule has 0 aliphatic carbocycles. The van der Waals surface area contributed by atoms with Crippen LogP contribution in [0.2, 0.25) is 0 Å². The second-order valence-corrected chi connectivity index (χ2v) is 7.56. The summed E-state index contributed by atoms with van der Waals surface area (Å²) in [6.07, 6.45) is 1.98. The van der Waals surface area contributed by atoms with Crippen molar-refractivity contribution in [3.63, 3.8) is 0 Å². The van der Waals surface area contributed by atoms with Gasteiger partial charge in [-0.3, -0.25) is 9.79 Å². The molecule has 0 aromatic carbocycles. The van der Waals surface area contributed by atoms with Crippen LogP contribution in [0, 0.1) is 6.92 Å². The number of aliphatic imine (C=N–C) groups is 1. The Morgan fingerprint density at radius 3 is 2.62 bits per heavy atom. The minimum Gasteiger partial charge on any atom is -0.459 e. The minimum atomic E-state index is -0.480. The van der Waals surface area contributed by atoms with Crippen LogP contribution in [0.3, 0.4) is 0 Å². The maximum Gasteiger partial charge on any atom is 0.325 e. The summed E-state index contributed by atoms with van der Waals surface area (Å²) >= 11 is 0. The van der Waals surface area contributed by atoms with Gasteiger partial charge in [-0.15, -0.1) is 0 Å². The largest absolute Gasteiger partial charge is 0.459 e. The van der Waals surface area contributed by atoms with E-state index in [4.69, 9.17) is 4.74 Å². The molecule has 0 radical (unpaired) electrons. The molecule has 2 N–H and O–H groups in total. The fourth-order valence-corrected chi connectivity index (χ4v) is 2.88. The van der Waals surface area contributed by atoms with Crippen LogP contribution in [-0.4, -0.2) is 55.2 Å². The maximum atomic E-state index is 11.8. The van der Waals surface area contributed by atoms with E-state index in [1.807, 2.05) is 39.8 Å². The van der Waals surface area contributed by atoms with Gasteiger partial charge in [0.2, 0.25) is 0 Å². The third-order valence-electron chi connectivity index (χ3n) is 4.08. The van der Waals surface area contributed by atoms with Crippen LogP contribution >= 0.6 is 0 Å². The molecule has 0 bridgehead atoms. The van der Waals surface area contributed by atoms with Crippen molar-refractivity contribution in [2.45, 2.75) is 52.2 Å². The number of nitrogens with zero attached hydrogens (tertiary/aromatic N) is 3. The highest BCUT2D eigenvalue weighted by Gasteiger charge is 2.21. The van der Waals surface area contributed by atoms with Gasteiger partial charge in [-0.05, 0) is 52.7 Å². The lowest BCUT2D eigenvalue weighted by atomic mass is 10.1. The third kappa shape index (κ3) is 6.54. The van der Waals surface area contributed by atoms with Crippen molar-refractivity contribution in [1.29, 1.82) is 0 Å². The summed E-state index contributed by atoms with van der Waals surface area (Å²) in [5.74, 6) is 1.37. The Morgan fingerprint density at radius 2 is 2.04 bits per heavy atom. The highest BCUT2D eigenvalue weighted by molar-refractivity contribution is 5.84. The fourth-order valence-electron chi connectivity index (χ4n) is 2.88. The van der Waals surface area contributed by atoms with Gasteiger partial charge >= 0.3 is 5.97 Å². The monoisotopic (exact) mass is 361 g/mol. The van der Waals surface area contributed by atoms with Gasteiger partial charge in [0.05, 0.1) is 0 Å². The number of nitrogens with one attached hydrogen (secondary N) is 2. The topological polar surface area (TPSA) is 78.8 Å². The number of pyridine rings is 1. The Bertz CT molecular complexity index is 631. The van der Waals surface area contributed by atoms with E-state index in [-0.39, 0.29) is 12.5 Å². The van der Waals surface area contributed by atoms with Crippen LogP contribution < -0.4 is 15.5 Å². The lowest BCUT2D eigenvalue weighted by Crippen LogP contribution is -2.50. The average Bonchev–Trinajstić information content (AvgIpc) is 2.57. The van der Waals surface area contributed by atoms with E-state index in [1.165, 1.54) is 0 Å². The molecule has 1 aliphatic heterocycles. The van der Waals surface area contributed by atoms with Crippen molar-refractivity contribution in [1.82, 2.24) is 15.6 Å². The molecule has 1 saturated heterocycles. The number of hydrogen-bond donors (Lipinski definition) is 2. The molecule has 0 saturated carbocycles. The second kappa shape index (κ2) is 8.87. The van der Waals surface area contributed by atoms with Crippen molar-refractivity contribution in [2.24, 2.45) is 4.99 Å². The van der Waals surface area contributed by atoms with E-state index in [1.54, 1.807) is 7.05 Å². The Balaban J connectivity index is 1.77. The van der Waals surface area contributed by atoms with E-state index in [0.717, 1.165) is 37.4 Å². The van der Waals surface area contributed by atoms with Crippen LogP contribution in [0.5, 0.6) is 0 Å². The molecule has 1 aromatic rings. The second-order valence-electron chi connectivity index (χ2n) is 7.56. The van der Waals surface area contributed by atoms with Gasteiger partial charge in [0.15, 0.2) is 5.96 Å². The molecular weight excluding hydrogens is 330 g/mol. The van der Waals surface area contributed by atoms with Crippen molar-refractivity contribution >= 4 is 17.7 Å². The van der Waals surface area contributed by atoms with E-state index in [9.17, 15) is 4.79 Å². The number of piperidine rings is 1. The van der Waals surface area contributed by atoms with Gasteiger partial charge in [0, 0.05) is 31.9 Å². The number of aromatic nitrogens is 1. The molecular formula is C19H31N5O2. The molecule has 0 spiro atoms. The van der Waals surface area contributed by atoms with Crippen LogP contribution in [0.25, 0.3) is 0 Å². The van der Waals surface area contributed by atoms with Gasteiger partial charge in [-0.2, -0.15) is 0 Å². The molecule has 1 aliphatic rings. The number of esters is 1. The summed E-state index contributed by atoms with van der Waals surface area (Å²) in [5, 5.41) is 6.42. The summed E-state index contributed by atoms with van der Waals surface area (Å²) in [4.78, 5) is 22.9. The molecule has 1 aromatic heterocycles. The summed E-state index contributed by atoms with van der Waals surface area (Å²) in [6, 6.07) is 6.44. The number of anilines is 1. The maximum absolute atomic E-state index is 11.8. The number of hydrogen-bond acceptors (Lipinski definition) is 5. The van der Waals surface area contributed by atoms with Gasteiger partial charge in [0.25, 0.3) is 0 Å². The Morgan fingerprint density at radius 1 is 1.35 bits per heavy atom. The Hall–Kier alpha value is -2.31. The zero-order valence-corrected chi connectivity index (χ0v) is 16.5. The third-order valence-corrected chi connectivity index (χ3v) is 4.08. The number of guanidine groups is 1. The van der Waals surface area contributed by atoms with Crippen LogP contribution in [0.1, 0.15) is 39.3 Å². The molecule has 0 atom stereocenters. The molecule has 1 fully saturated rings. The predicted molar refractivity (Wildman–Crippen MR) is 105 cm³/mol. The van der Waals surface area contributed by atoms with Gasteiger partial charge < -0.3 is 20.3 Å². The standard InChI is InChI=1S/C19H31N5O2/c1-14-7-6-8-16(22-14)24-11-9-15(10-12-24)23-18(20-5)21-13-17(25)26-19(2,3)4/h6-8,15H,9-13H2,1-5H3,(H2,20,21,23). The number of ether oxygens (including phenoxy) is 1. The average molecular weight is 361 g/mol. The van der Waals surface area contributed by atoms with Crippen LogP contribution in [0.15, 0.2) is 23.2 Å². The molecule has 0 unspecified atom stereocenters. The van der Waals surface area contributed by atoms with Gasteiger partial charge in [-0.1, -0.05) is 6.07 Å². The molecule has 144 valence electrons. The number of carbonyl (C=O) groups excluding carboxylic acids is 1. The van der Waals surface area contributed by atoms with E-state index >= 15 is 0 Å². The Labute approximate surface area is 156 Å². The molecule has 7 heteroatoms. The van der Waals surface area contributed by atoms with Crippen molar-refractivity contribution in [2.75, 3.05) is 31.6 Å². The van der Waals surface area contributed by atoms with Gasteiger partial charge in [0.1, 0.15) is 18.0 Å². The lowest BCUT2D eigenvalue weighted by Gasteiger charge is -2.34. The zero-order chi connectivity index (χ0) is 19.2. The predicted octanol–water partition coefficient (Wildman–Crippen LogP) is 1.87. The smallest absolute Gasteiger partial charge is 0.325 e. The number of rotatable bonds is 4.